The molecule has 23 heavy (non-hydrogen) atoms. The number of para-hydroxylation sites is 1. The zero-order valence-corrected chi connectivity index (χ0v) is 14.1. The zero-order chi connectivity index (χ0) is 16.8. The molecule has 0 aliphatic heterocycles. The lowest BCUT2D eigenvalue weighted by Gasteiger charge is -2.19. The minimum Gasteiger partial charge on any atom is -0.496 e. The lowest BCUT2D eigenvalue weighted by Crippen LogP contribution is -2.29. The van der Waals surface area contributed by atoms with Gasteiger partial charge in [-0.15, -0.1) is 0 Å². The zero-order valence-electron chi connectivity index (χ0n) is 14.1. The van der Waals surface area contributed by atoms with Gasteiger partial charge in [0.25, 0.3) is 5.91 Å². The second kappa shape index (κ2) is 7.79. The van der Waals surface area contributed by atoms with E-state index in [1.165, 1.54) is 0 Å². The Morgan fingerprint density at radius 2 is 1.87 bits per heavy atom. The highest BCUT2D eigenvalue weighted by molar-refractivity contribution is 5.95. The molecule has 1 N–H and O–H groups in total. The van der Waals surface area contributed by atoms with E-state index in [9.17, 15) is 4.79 Å². The number of carbonyl (C=O) groups excluding carboxylic acids is 1. The van der Waals surface area contributed by atoms with Gasteiger partial charge in [-0.25, -0.2) is 0 Å². The van der Waals surface area contributed by atoms with Gasteiger partial charge in [-0.1, -0.05) is 35.9 Å². The molecular formula is C19H23NO3. The molecule has 1 amide bonds. The Morgan fingerprint density at radius 1 is 1.13 bits per heavy atom. The van der Waals surface area contributed by atoms with Crippen molar-refractivity contribution in [2.75, 3.05) is 20.8 Å². The fourth-order valence-electron chi connectivity index (χ4n) is 2.51. The number of methoxy groups -OCH3 is 2. The molecule has 0 saturated carbocycles. The first-order valence-electron chi connectivity index (χ1n) is 7.58. The molecule has 122 valence electrons. The Kier molecular flexibility index (Phi) is 5.77. The minimum atomic E-state index is -0.264. The summed E-state index contributed by atoms with van der Waals surface area (Å²) in [7, 11) is 3.25. The fourth-order valence-corrected chi connectivity index (χ4v) is 2.51. The van der Waals surface area contributed by atoms with Gasteiger partial charge in [0.05, 0.1) is 7.11 Å². The van der Waals surface area contributed by atoms with Crippen molar-refractivity contribution in [3.63, 3.8) is 0 Å². The van der Waals surface area contributed by atoms with E-state index in [-0.39, 0.29) is 12.0 Å². The van der Waals surface area contributed by atoms with Crippen LogP contribution >= 0.6 is 0 Å². The molecule has 0 radical (unpaired) electrons. The lowest BCUT2D eigenvalue weighted by molar-refractivity contribution is 0.0818. The van der Waals surface area contributed by atoms with E-state index in [0.29, 0.717) is 12.1 Å². The second-order valence-electron chi connectivity index (χ2n) is 5.49. The van der Waals surface area contributed by atoms with E-state index in [0.717, 1.165) is 22.4 Å². The van der Waals surface area contributed by atoms with Gasteiger partial charge in [-0.3, -0.25) is 4.79 Å². The third-order valence-corrected chi connectivity index (χ3v) is 3.86. The van der Waals surface area contributed by atoms with Gasteiger partial charge in [0.2, 0.25) is 0 Å². The maximum atomic E-state index is 12.4. The number of carbonyl (C=O) groups is 1. The van der Waals surface area contributed by atoms with E-state index in [2.05, 4.69) is 5.32 Å². The van der Waals surface area contributed by atoms with E-state index >= 15 is 0 Å². The van der Waals surface area contributed by atoms with E-state index in [4.69, 9.17) is 9.47 Å². The minimum absolute atomic E-state index is 0.0943. The summed E-state index contributed by atoms with van der Waals surface area (Å²) in [6.07, 6.45) is -0.264. The highest BCUT2D eigenvalue weighted by atomic mass is 16.5. The summed E-state index contributed by atoms with van der Waals surface area (Å²) in [6, 6.07) is 13.5. The van der Waals surface area contributed by atoms with Crippen LogP contribution in [0.15, 0.2) is 42.5 Å². The van der Waals surface area contributed by atoms with E-state index < -0.39 is 0 Å². The number of benzene rings is 2. The Balaban J connectivity index is 2.11. The number of hydrogen-bond acceptors (Lipinski definition) is 3. The smallest absolute Gasteiger partial charge is 0.251 e. The Morgan fingerprint density at radius 3 is 2.57 bits per heavy atom. The number of nitrogens with one attached hydrogen (secondary N) is 1. The summed E-state index contributed by atoms with van der Waals surface area (Å²) in [5.74, 6) is 0.656. The molecule has 2 rings (SSSR count). The molecule has 0 fully saturated rings. The van der Waals surface area contributed by atoms with Gasteiger partial charge >= 0.3 is 0 Å². The topological polar surface area (TPSA) is 47.6 Å². The second-order valence-corrected chi connectivity index (χ2v) is 5.49. The average Bonchev–Trinajstić information content (AvgIpc) is 2.57. The SMILES string of the molecule is COc1ccccc1C(CNC(=O)c1cc(C)ccc1C)OC. The van der Waals surface area contributed by atoms with Crippen molar-refractivity contribution in [1.29, 1.82) is 0 Å². The summed E-state index contributed by atoms with van der Waals surface area (Å²) < 4.78 is 10.9. The van der Waals surface area contributed by atoms with Crippen LogP contribution in [0.2, 0.25) is 0 Å². The third-order valence-electron chi connectivity index (χ3n) is 3.86. The monoisotopic (exact) mass is 313 g/mol. The molecule has 2 aromatic carbocycles. The van der Waals surface area contributed by atoms with E-state index in [1.807, 2.05) is 56.3 Å². The van der Waals surface area contributed by atoms with Crippen molar-refractivity contribution in [1.82, 2.24) is 5.32 Å². The predicted molar refractivity (Wildman–Crippen MR) is 91.0 cm³/mol. The Labute approximate surface area is 137 Å². The standard InChI is InChI=1S/C19H23NO3/c1-13-9-10-14(2)16(11-13)19(21)20-12-18(23-4)15-7-5-6-8-17(15)22-3/h5-11,18H,12H2,1-4H3,(H,20,21). The number of amides is 1. The van der Waals surface area contributed by atoms with Crippen LogP contribution in [-0.2, 0) is 4.74 Å². The van der Waals surface area contributed by atoms with Gasteiger partial charge in [-0.05, 0) is 31.5 Å². The van der Waals surface area contributed by atoms with E-state index in [1.54, 1.807) is 14.2 Å². The number of ether oxygens (including phenoxy) is 2. The quantitative estimate of drug-likeness (QED) is 0.889. The molecule has 4 heteroatoms. The first-order valence-corrected chi connectivity index (χ1v) is 7.58. The van der Waals surface area contributed by atoms with Crippen LogP contribution < -0.4 is 10.1 Å². The van der Waals surface area contributed by atoms with Crippen molar-refractivity contribution < 1.29 is 14.3 Å². The largest absolute Gasteiger partial charge is 0.496 e. The summed E-state index contributed by atoms with van der Waals surface area (Å²) in [5, 5.41) is 2.95. The maximum absolute atomic E-state index is 12.4. The molecule has 0 spiro atoms. The molecule has 0 bridgehead atoms. The number of hydrogen-bond donors (Lipinski definition) is 1. The molecule has 0 heterocycles. The van der Waals surface area contributed by atoms with Crippen molar-refractivity contribution in [2.45, 2.75) is 20.0 Å². The van der Waals surface area contributed by atoms with Crippen molar-refractivity contribution in [3.8, 4) is 5.75 Å². The number of rotatable bonds is 6. The van der Waals surface area contributed by atoms with Crippen molar-refractivity contribution in [2.24, 2.45) is 0 Å². The van der Waals surface area contributed by atoms with Crippen molar-refractivity contribution in [3.05, 3.63) is 64.7 Å². The maximum Gasteiger partial charge on any atom is 0.251 e. The van der Waals surface area contributed by atoms with Gasteiger partial charge in [-0.2, -0.15) is 0 Å². The summed E-state index contributed by atoms with van der Waals surface area (Å²) in [4.78, 5) is 12.4. The first kappa shape index (κ1) is 17.0. The van der Waals surface area contributed by atoms with Crippen LogP contribution in [0.5, 0.6) is 5.75 Å². The summed E-state index contributed by atoms with van der Waals surface area (Å²) in [6.45, 7) is 4.29. The Hall–Kier alpha value is -2.33. The summed E-state index contributed by atoms with van der Waals surface area (Å²) >= 11 is 0. The fraction of sp³-hybridized carbons (Fsp3) is 0.316. The number of aryl methyl sites for hydroxylation is 2. The van der Waals surface area contributed by atoms with Gasteiger partial charge in [0, 0.05) is 24.8 Å². The molecule has 4 nitrogen and oxygen atoms in total. The van der Waals surface area contributed by atoms with Gasteiger partial charge < -0.3 is 14.8 Å². The first-order chi connectivity index (χ1) is 11.1. The van der Waals surface area contributed by atoms with Crippen LogP contribution in [0.25, 0.3) is 0 Å². The molecule has 0 saturated heterocycles. The highest BCUT2D eigenvalue weighted by Crippen LogP contribution is 2.26. The molecule has 0 aliphatic carbocycles. The average molecular weight is 313 g/mol. The molecule has 1 atom stereocenters. The van der Waals surface area contributed by atoms with Crippen LogP contribution in [0.4, 0.5) is 0 Å². The third kappa shape index (κ3) is 4.11. The van der Waals surface area contributed by atoms with Gasteiger partial charge in [0.1, 0.15) is 11.9 Å². The van der Waals surface area contributed by atoms with Crippen LogP contribution in [0.1, 0.15) is 33.2 Å². The highest BCUT2D eigenvalue weighted by Gasteiger charge is 2.17. The normalized spacial score (nSPS) is 11.8. The van der Waals surface area contributed by atoms with Crippen LogP contribution in [0.3, 0.4) is 0 Å². The summed E-state index contributed by atoms with van der Waals surface area (Å²) in [5.41, 5.74) is 3.63. The molecule has 0 aromatic heterocycles. The molecular weight excluding hydrogens is 290 g/mol. The van der Waals surface area contributed by atoms with Crippen LogP contribution in [-0.4, -0.2) is 26.7 Å². The van der Waals surface area contributed by atoms with Crippen LogP contribution in [0, 0.1) is 13.8 Å². The lowest BCUT2D eigenvalue weighted by atomic mass is 10.0. The predicted octanol–water partition coefficient (Wildman–Crippen LogP) is 3.43. The van der Waals surface area contributed by atoms with Gasteiger partial charge in [0.15, 0.2) is 0 Å². The molecule has 0 aliphatic rings. The van der Waals surface area contributed by atoms with Crippen molar-refractivity contribution >= 4 is 5.91 Å². The molecule has 1 unspecified atom stereocenters. The molecule has 2 aromatic rings. The Bertz CT molecular complexity index is 682.